The minimum atomic E-state index is -0.706. The molecule has 0 aliphatic carbocycles. The number of ether oxygens (including phenoxy) is 3. The van der Waals surface area contributed by atoms with Gasteiger partial charge in [0.15, 0.2) is 11.5 Å². The number of rotatable bonds is 4. The Morgan fingerprint density at radius 3 is 2.47 bits per heavy atom. The number of methoxy groups -OCH3 is 1. The lowest BCUT2D eigenvalue weighted by Crippen LogP contribution is -2.15. The van der Waals surface area contributed by atoms with Crippen LogP contribution >= 0.6 is 0 Å². The number of aromatic nitrogens is 2. The third-order valence-electron chi connectivity index (χ3n) is 4.82. The molecule has 0 amide bonds. The van der Waals surface area contributed by atoms with Crippen molar-refractivity contribution >= 4 is 17.2 Å². The summed E-state index contributed by atoms with van der Waals surface area (Å²) in [6, 6.07) is 14.3. The lowest BCUT2D eigenvalue weighted by Gasteiger charge is -2.19. The van der Waals surface area contributed by atoms with Gasteiger partial charge in [-0.2, -0.15) is 0 Å². The van der Waals surface area contributed by atoms with Crippen molar-refractivity contribution in [1.29, 1.82) is 0 Å². The Hall–Kier alpha value is -3.81. The molecule has 0 fully saturated rings. The minimum Gasteiger partial charge on any atom is -0.486 e. The summed E-state index contributed by atoms with van der Waals surface area (Å²) >= 11 is 0. The predicted octanol–water partition coefficient (Wildman–Crippen LogP) is 4.80. The van der Waals surface area contributed by atoms with E-state index in [-0.39, 0.29) is 11.3 Å². The first kappa shape index (κ1) is 18.2. The number of imidazole rings is 1. The zero-order valence-electron chi connectivity index (χ0n) is 16.0. The van der Waals surface area contributed by atoms with Gasteiger partial charge in [-0.05, 0) is 36.4 Å². The van der Waals surface area contributed by atoms with Gasteiger partial charge in [-0.1, -0.05) is 12.1 Å². The Kier molecular flexibility index (Phi) is 4.39. The number of anilines is 2. The van der Waals surface area contributed by atoms with E-state index in [9.17, 15) is 8.78 Å². The number of pyridine rings is 1. The molecule has 1 N–H and O–H groups in total. The Bertz CT molecular complexity index is 1240. The van der Waals surface area contributed by atoms with Crippen molar-refractivity contribution in [2.24, 2.45) is 0 Å². The quantitative estimate of drug-likeness (QED) is 0.525. The molecule has 0 unspecified atom stereocenters. The van der Waals surface area contributed by atoms with Gasteiger partial charge in [0.05, 0.1) is 12.7 Å². The molecular formula is C22H17F2N3O3. The van der Waals surface area contributed by atoms with Gasteiger partial charge in [-0.15, -0.1) is 0 Å². The summed E-state index contributed by atoms with van der Waals surface area (Å²) in [5.74, 6) is 0.643. The number of fused-ring (bicyclic) bond motifs is 2. The Morgan fingerprint density at radius 2 is 1.70 bits per heavy atom. The molecule has 30 heavy (non-hydrogen) atoms. The average molecular weight is 409 g/mol. The van der Waals surface area contributed by atoms with Crippen LogP contribution in [0.3, 0.4) is 0 Å². The van der Waals surface area contributed by atoms with Crippen molar-refractivity contribution in [3.63, 3.8) is 0 Å². The summed E-state index contributed by atoms with van der Waals surface area (Å²) in [5, 5.41) is 3.22. The van der Waals surface area contributed by atoms with Crippen LogP contribution in [0, 0.1) is 11.6 Å². The van der Waals surface area contributed by atoms with Crippen LogP contribution in [-0.2, 0) is 0 Å². The molecule has 0 bridgehead atoms. The molecule has 0 spiro atoms. The molecule has 5 rings (SSSR count). The van der Waals surface area contributed by atoms with Crippen molar-refractivity contribution in [3.8, 4) is 28.6 Å². The van der Waals surface area contributed by atoms with Crippen molar-refractivity contribution in [2.75, 3.05) is 25.6 Å². The first-order chi connectivity index (χ1) is 14.7. The van der Waals surface area contributed by atoms with Gasteiger partial charge in [0.1, 0.15) is 42.0 Å². The van der Waals surface area contributed by atoms with E-state index in [1.54, 1.807) is 40.8 Å². The molecule has 0 saturated carbocycles. The fraction of sp³-hybridized carbons (Fsp3) is 0.136. The van der Waals surface area contributed by atoms with Crippen molar-refractivity contribution in [1.82, 2.24) is 9.38 Å². The van der Waals surface area contributed by atoms with E-state index < -0.39 is 11.6 Å². The van der Waals surface area contributed by atoms with Gasteiger partial charge in [-0.3, -0.25) is 0 Å². The summed E-state index contributed by atoms with van der Waals surface area (Å²) < 4.78 is 47.5. The van der Waals surface area contributed by atoms with Crippen LogP contribution in [0.15, 0.2) is 54.6 Å². The van der Waals surface area contributed by atoms with Crippen molar-refractivity contribution < 1.29 is 23.0 Å². The molecule has 1 aliphatic heterocycles. The number of nitrogens with zero attached hydrogens (tertiary/aromatic N) is 2. The van der Waals surface area contributed by atoms with E-state index in [1.165, 1.54) is 25.3 Å². The Morgan fingerprint density at radius 1 is 0.967 bits per heavy atom. The van der Waals surface area contributed by atoms with Gasteiger partial charge in [-0.25, -0.2) is 18.2 Å². The SMILES string of the molecule is COc1cccc2nc(-c3c(F)cccc3F)c(Nc3ccc4c(c3)OCCO4)n12. The summed E-state index contributed by atoms with van der Waals surface area (Å²) in [7, 11) is 1.52. The molecule has 1 aliphatic rings. The molecule has 152 valence electrons. The smallest absolute Gasteiger partial charge is 0.200 e. The Balaban J connectivity index is 1.71. The molecule has 2 aromatic heterocycles. The van der Waals surface area contributed by atoms with E-state index in [1.807, 2.05) is 0 Å². The van der Waals surface area contributed by atoms with Crippen molar-refractivity contribution in [2.45, 2.75) is 0 Å². The number of halogens is 2. The fourth-order valence-electron chi connectivity index (χ4n) is 3.49. The maximum absolute atomic E-state index is 14.6. The third-order valence-corrected chi connectivity index (χ3v) is 4.82. The minimum absolute atomic E-state index is 0.130. The second-order valence-corrected chi connectivity index (χ2v) is 6.65. The predicted molar refractivity (Wildman–Crippen MR) is 108 cm³/mol. The first-order valence-electron chi connectivity index (χ1n) is 9.32. The molecule has 6 nitrogen and oxygen atoms in total. The van der Waals surface area contributed by atoms with E-state index in [4.69, 9.17) is 14.2 Å². The van der Waals surface area contributed by atoms with Crippen LogP contribution in [-0.4, -0.2) is 29.7 Å². The summed E-state index contributed by atoms with van der Waals surface area (Å²) in [4.78, 5) is 4.48. The normalized spacial score (nSPS) is 12.8. The van der Waals surface area contributed by atoms with E-state index >= 15 is 0 Å². The summed E-state index contributed by atoms with van der Waals surface area (Å²) in [6.07, 6.45) is 0. The van der Waals surface area contributed by atoms with Crippen LogP contribution in [0.25, 0.3) is 16.9 Å². The molecule has 0 radical (unpaired) electrons. The zero-order valence-corrected chi connectivity index (χ0v) is 16.0. The zero-order chi connectivity index (χ0) is 20.7. The second kappa shape index (κ2) is 7.22. The second-order valence-electron chi connectivity index (χ2n) is 6.65. The summed E-state index contributed by atoms with van der Waals surface area (Å²) in [5.41, 5.74) is 1.03. The molecule has 3 heterocycles. The molecule has 2 aromatic carbocycles. The van der Waals surface area contributed by atoms with Crippen LogP contribution in [0.5, 0.6) is 17.4 Å². The molecular weight excluding hydrogens is 392 g/mol. The van der Waals surface area contributed by atoms with Crippen LogP contribution in [0.4, 0.5) is 20.3 Å². The van der Waals surface area contributed by atoms with Gasteiger partial charge >= 0.3 is 0 Å². The maximum atomic E-state index is 14.6. The average Bonchev–Trinajstić information content (AvgIpc) is 3.11. The monoisotopic (exact) mass is 409 g/mol. The number of nitrogens with one attached hydrogen (secondary N) is 1. The van der Waals surface area contributed by atoms with E-state index in [2.05, 4.69) is 10.3 Å². The third kappa shape index (κ3) is 2.97. The highest BCUT2D eigenvalue weighted by Crippen LogP contribution is 2.38. The maximum Gasteiger partial charge on any atom is 0.200 e. The van der Waals surface area contributed by atoms with Crippen LogP contribution in [0.2, 0.25) is 0 Å². The largest absolute Gasteiger partial charge is 0.486 e. The van der Waals surface area contributed by atoms with Gasteiger partial charge in [0, 0.05) is 11.8 Å². The number of hydrogen-bond acceptors (Lipinski definition) is 5. The van der Waals surface area contributed by atoms with E-state index in [0.717, 1.165) is 0 Å². The standard InChI is InChI=1S/C22H17F2N3O3/c1-28-19-7-3-6-18-26-21(20-14(23)4-2-5-15(20)24)22(27(18)19)25-13-8-9-16-17(12-13)30-11-10-29-16/h2-9,12,25H,10-11H2,1H3. The number of benzene rings is 2. The number of hydrogen-bond donors (Lipinski definition) is 1. The lowest BCUT2D eigenvalue weighted by atomic mass is 10.1. The van der Waals surface area contributed by atoms with Crippen LogP contribution in [0.1, 0.15) is 0 Å². The summed E-state index contributed by atoms with van der Waals surface area (Å²) in [6.45, 7) is 0.937. The molecule has 8 heteroatoms. The highest BCUT2D eigenvalue weighted by Gasteiger charge is 2.23. The van der Waals surface area contributed by atoms with Gasteiger partial charge in [0.2, 0.25) is 5.88 Å². The van der Waals surface area contributed by atoms with Gasteiger partial charge in [0.25, 0.3) is 0 Å². The van der Waals surface area contributed by atoms with Gasteiger partial charge < -0.3 is 19.5 Å². The molecule has 0 saturated heterocycles. The molecule has 4 aromatic rings. The first-order valence-corrected chi connectivity index (χ1v) is 9.32. The molecule has 0 atom stereocenters. The highest BCUT2D eigenvalue weighted by atomic mass is 19.1. The fourth-order valence-corrected chi connectivity index (χ4v) is 3.49. The van der Waals surface area contributed by atoms with E-state index in [0.29, 0.717) is 47.7 Å². The Labute approximate surface area is 170 Å². The van der Waals surface area contributed by atoms with Crippen LogP contribution < -0.4 is 19.5 Å². The topological polar surface area (TPSA) is 57.0 Å². The lowest BCUT2D eigenvalue weighted by molar-refractivity contribution is 0.171. The van der Waals surface area contributed by atoms with Crippen molar-refractivity contribution in [3.05, 3.63) is 66.2 Å². The highest BCUT2D eigenvalue weighted by molar-refractivity contribution is 5.81.